The van der Waals surface area contributed by atoms with Gasteiger partial charge in [-0.2, -0.15) is 5.10 Å². The quantitative estimate of drug-likeness (QED) is 0.395. The molecule has 1 saturated carbocycles. The molecule has 3 aromatic rings. The number of carbonyl (C=O) groups excluding carboxylic acids is 1. The Morgan fingerprint density at radius 1 is 1.33 bits per heavy atom. The Morgan fingerprint density at radius 2 is 2.14 bits per heavy atom. The normalized spacial score (nSPS) is 20.9. The lowest BCUT2D eigenvalue weighted by atomic mass is 9.80. The van der Waals surface area contributed by atoms with Gasteiger partial charge in [0.05, 0.1) is 23.8 Å². The number of nitrogens with zero attached hydrogens (tertiary/aromatic N) is 4. The van der Waals surface area contributed by atoms with Crippen LogP contribution in [0.1, 0.15) is 49.2 Å². The number of aliphatic hydroxyl groups excluding tert-OH is 1. The van der Waals surface area contributed by atoms with Gasteiger partial charge in [-0.15, -0.1) is 0 Å². The molecule has 4 rings (SSSR count). The number of aromatic nitrogens is 4. The Balaban J connectivity index is 1.40. The summed E-state index contributed by atoms with van der Waals surface area (Å²) in [6.45, 7) is 5.21. The molecule has 1 aromatic carbocycles. The summed E-state index contributed by atoms with van der Waals surface area (Å²) in [6.07, 6.45) is 4.07. The van der Waals surface area contributed by atoms with Gasteiger partial charge in [0.1, 0.15) is 23.2 Å². The fourth-order valence-electron chi connectivity index (χ4n) is 4.70. The molecule has 3 unspecified atom stereocenters. The van der Waals surface area contributed by atoms with E-state index in [9.17, 15) is 14.3 Å². The van der Waals surface area contributed by atoms with Crippen LogP contribution in [0.2, 0.25) is 5.02 Å². The summed E-state index contributed by atoms with van der Waals surface area (Å²) in [5.74, 6) is 0.679. The highest BCUT2D eigenvalue weighted by atomic mass is 35.5. The lowest BCUT2D eigenvalue weighted by Crippen LogP contribution is -2.34. The van der Waals surface area contributed by atoms with Crippen molar-refractivity contribution in [2.75, 3.05) is 18.5 Å². The minimum atomic E-state index is -0.509. The molecule has 2 heterocycles. The number of halogens is 2. The Hall–Kier alpha value is -2.82. The molecule has 9 nitrogen and oxygen atoms in total. The van der Waals surface area contributed by atoms with Gasteiger partial charge in [0.2, 0.25) is 0 Å². The van der Waals surface area contributed by atoms with Gasteiger partial charge in [0, 0.05) is 20.1 Å². The maximum absolute atomic E-state index is 13.4. The third kappa shape index (κ3) is 6.11. The molecule has 194 valence electrons. The zero-order valence-corrected chi connectivity index (χ0v) is 21.4. The molecule has 36 heavy (non-hydrogen) atoms. The first-order valence-electron chi connectivity index (χ1n) is 12.2. The second-order valence-corrected chi connectivity index (χ2v) is 9.99. The van der Waals surface area contributed by atoms with E-state index in [1.165, 1.54) is 18.5 Å². The molecule has 1 fully saturated rings. The number of amides is 1. The van der Waals surface area contributed by atoms with Crippen LogP contribution in [0.3, 0.4) is 0 Å². The van der Waals surface area contributed by atoms with E-state index in [-0.39, 0.29) is 23.4 Å². The molecule has 11 heteroatoms. The Morgan fingerprint density at radius 3 is 2.86 bits per heavy atom. The SMILES string of the molecule is CC(O)CO[C@H]1CCC(CNc2c3ncnc(C(=O)NCc4ccc(F)c(Cl)c4)c3nn2C)CC1C. The molecular formula is C25H32ClFN6O3. The van der Waals surface area contributed by atoms with E-state index >= 15 is 0 Å². The first-order valence-corrected chi connectivity index (χ1v) is 12.5. The molecule has 2 aromatic heterocycles. The number of fused-ring (bicyclic) bond motifs is 1. The molecule has 1 amide bonds. The minimum absolute atomic E-state index is 0.00165. The number of anilines is 1. The van der Waals surface area contributed by atoms with Crippen LogP contribution < -0.4 is 10.6 Å². The highest BCUT2D eigenvalue weighted by Gasteiger charge is 2.29. The highest BCUT2D eigenvalue weighted by molar-refractivity contribution is 6.30. The van der Waals surface area contributed by atoms with E-state index in [0.717, 1.165) is 31.6 Å². The summed E-state index contributed by atoms with van der Waals surface area (Å²) < 4.78 is 20.9. The number of hydrogen-bond donors (Lipinski definition) is 3. The van der Waals surface area contributed by atoms with E-state index in [1.807, 2.05) is 0 Å². The zero-order chi connectivity index (χ0) is 25.8. The first-order chi connectivity index (χ1) is 17.2. The minimum Gasteiger partial charge on any atom is -0.391 e. The maximum atomic E-state index is 13.4. The molecule has 0 saturated heterocycles. The molecule has 0 spiro atoms. The van der Waals surface area contributed by atoms with Crippen LogP contribution in [0, 0.1) is 17.7 Å². The van der Waals surface area contributed by atoms with Gasteiger partial charge in [-0.3, -0.25) is 9.48 Å². The fraction of sp³-hybridized carbons (Fsp3) is 0.520. The second-order valence-electron chi connectivity index (χ2n) is 9.58. The molecule has 0 bridgehead atoms. The maximum Gasteiger partial charge on any atom is 0.272 e. The number of aryl methyl sites for hydroxylation is 1. The van der Waals surface area contributed by atoms with Crippen molar-refractivity contribution in [3.05, 3.63) is 46.6 Å². The molecule has 1 aliphatic rings. The van der Waals surface area contributed by atoms with Crippen LogP contribution in [-0.2, 0) is 18.3 Å². The van der Waals surface area contributed by atoms with E-state index in [0.29, 0.717) is 35.0 Å². The van der Waals surface area contributed by atoms with Crippen molar-refractivity contribution in [3.8, 4) is 0 Å². The Kier molecular flexibility index (Phi) is 8.38. The molecular weight excluding hydrogens is 487 g/mol. The summed E-state index contributed by atoms with van der Waals surface area (Å²) in [5.41, 5.74) is 1.81. The molecule has 0 aliphatic heterocycles. The number of aliphatic hydroxyl groups is 1. The Labute approximate surface area is 214 Å². The van der Waals surface area contributed by atoms with Crippen molar-refractivity contribution < 1.29 is 19.0 Å². The third-order valence-electron chi connectivity index (χ3n) is 6.58. The predicted octanol–water partition coefficient (Wildman–Crippen LogP) is 3.70. The van der Waals surface area contributed by atoms with Gasteiger partial charge in [0.25, 0.3) is 5.91 Å². The van der Waals surface area contributed by atoms with Crippen LogP contribution in [0.15, 0.2) is 24.5 Å². The number of ether oxygens (including phenoxy) is 1. The van der Waals surface area contributed by atoms with E-state index in [2.05, 4.69) is 32.6 Å². The van der Waals surface area contributed by atoms with E-state index in [1.54, 1.807) is 24.7 Å². The number of nitrogens with one attached hydrogen (secondary N) is 2. The number of carbonyl (C=O) groups is 1. The molecule has 4 atom stereocenters. The zero-order valence-electron chi connectivity index (χ0n) is 20.7. The van der Waals surface area contributed by atoms with Crippen molar-refractivity contribution in [2.24, 2.45) is 18.9 Å². The van der Waals surface area contributed by atoms with Crippen molar-refractivity contribution in [1.82, 2.24) is 25.1 Å². The smallest absolute Gasteiger partial charge is 0.272 e. The van der Waals surface area contributed by atoms with Gasteiger partial charge < -0.3 is 20.5 Å². The standard InChI is InChI=1S/C25H32ClFN6O3/c1-14-8-16(5-7-20(14)36-12-15(2)34)10-28-24-22-21(32-33(24)3)23(31-13-30-22)25(35)29-11-17-4-6-19(27)18(26)9-17/h4,6,9,13-16,20,28,34H,5,7-8,10-12H2,1-3H3,(H,29,35)/t14?,15?,16?,20-/m0/s1. The molecule has 1 aliphatic carbocycles. The highest BCUT2D eigenvalue weighted by Crippen LogP contribution is 2.32. The number of benzene rings is 1. The van der Waals surface area contributed by atoms with Crippen molar-refractivity contribution in [2.45, 2.75) is 51.9 Å². The average Bonchev–Trinajstić information content (AvgIpc) is 3.17. The van der Waals surface area contributed by atoms with Crippen LogP contribution in [0.25, 0.3) is 11.0 Å². The van der Waals surface area contributed by atoms with Gasteiger partial charge >= 0.3 is 0 Å². The molecule has 3 N–H and O–H groups in total. The van der Waals surface area contributed by atoms with Crippen molar-refractivity contribution >= 4 is 34.4 Å². The van der Waals surface area contributed by atoms with Crippen LogP contribution in [0.5, 0.6) is 0 Å². The van der Waals surface area contributed by atoms with Gasteiger partial charge in [0.15, 0.2) is 11.5 Å². The topological polar surface area (TPSA) is 114 Å². The fourth-order valence-corrected chi connectivity index (χ4v) is 4.90. The lowest BCUT2D eigenvalue weighted by molar-refractivity contribution is -0.0483. The van der Waals surface area contributed by atoms with E-state index in [4.69, 9.17) is 16.3 Å². The summed E-state index contributed by atoms with van der Waals surface area (Å²) in [6, 6.07) is 4.30. The lowest BCUT2D eigenvalue weighted by Gasteiger charge is -2.34. The Bertz CT molecular complexity index is 1220. The van der Waals surface area contributed by atoms with Gasteiger partial charge in [-0.1, -0.05) is 24.6 Å². The van der Waals surface area contributed by atoms with Gasteiger partial charge in [-0.25, -0.2) is 14.4 Å². The second kappa shape index (κ2) is 11.5. The first kappa shape index (κ1) is 26.2. The van der Waals surface area contributed by atoms with Crippen molar-refractivity contribution in [3.63, 3.8) is 0 Å². The predicted molar refractivity (Wildman–Crippen MR) is 135 cm³/mol. The summed E-state index contributed by atoms with van der Waals surface area (Å²) in [4.78, 5) is 21.4. The number of hydrogen-bond acceptors (Lipinski definition) is 7. The van der Waals surface area contributed by atoms with E-state index < -0.39 is 17.8 Å². The summed E-state index contributed by atoms with van der Waals surface area (Å²) in [5, 5.41) is 20.2. The average molecular weight is 519 g/mol. The third-order valence-corrected chi connectivity index (χ3v) is 6.87. The molecule has 0 radical (unpaired) electrons. The monoisotopic (exact) mass is 518 g/mol. The van der Waals surface area contributed by atoms with Crippen LogP contribution in [-0.4, -0.2) is 56.1 Å². The largest absolute Gasteiger partial charge is 0.391 e. The van der Waals surface area contributed by atoms with Gasteiger partial charge in [-0.05, 0) is 55.7 Å². The van der Waals surface area contributed by atoms with Crippen LogP contribution >= 0.6 is 11.6 Å². The number of rotatable bonds is 9. The summed E-state index contributed by atoms with van der Waals surface area (Å²) >= 11 is 5.83. The summed E-state index contributed by atoms with van der Waals surface area (Å²) in [7, 11) is 1.80. The van der Waals surface area contributed by atoms with Crippen molar-refractivity contribution in [1.29, 1.82) is 0 Å². The van der Waals surface area contributed by atoms with Crippen LogP contribution in [0.4, 0.5) is 10.2 Å².